The Kier molecular flexibility index (Phi) is 9.27. The van der Waals surface area contributed by atoms with Gasteiger partial charge < -0.3 is 14.5 Å². The monoisotopic (exact) mass is 516 g/mol. The van der Waals surface area contributed by atoms with E-state index in [1.165, 1.54) is 28.9 Å². The van der Waals surface area contributed by atoms with Gasteiger partial charge in [-0.3, -0.25) is 9.74 Å². The quantitative estimate of drug-likeness (QED) is 0.172. The third-order valence-corrected chi connectivity index (χ3v) is 8.81. The second kappa shape index (κ2) is 12.4. The number of aliphatic imine (C=N–C) groups is 1. The zero-order chi connectivity index (χ0) is 25.7. The van der Waals surface area contributed by atoms with Crippen LogP contribution in [-0.4, -0.2) is 110 Å². The molecule has 2 saturated heterocycles. The minimum Gasteiger partial charge on any atom is -0.497 e. The van der Waals surface area contributed by atoms with E-state index in [4.69, 9.17) is 9.57 Å². The number of aryl methyl sites for hydroxylation is 2. The zero-order valence-corrected chi connectivity index (χ0v) is 22.9. The maximum absolute atomic E-state index is 12.7. The van der Waals surface area contributed by atoms with Crippen LogP contribution >= 0.6 is 11.9 Å². The number of piperidine rings is 1. The number of amides is 1. The second-order valence-corrected chi connectivity index (χ2v) is 11.1. The van der Waals surface area contributed by atoms with Gasteiger partial charge in [0.1, 0.15) is 5.75 Å². The van der Waals surface area contributed by atoms with Crippen LogP contribution in [0.1, 0.15) is 36.8 Å². The summed E-state index contributed by atoms with van der Waals surface area (Å²) >= 11 is 1.70. The minimum absolute atomic E-state index is 0.411. The van der Waals surface area contributed by atoms with Crippen LogP contribution in [-0.2, 0) is 4.84 Å². The maximum Gasteiger partial charge on any atom is 0.436 e. The van der Waals surface area contributed by atoms with E-state index in [0.717, 1.165) is 44.8 Å². The summed E-state index contributed by atoms with van der Waals surface area (Å²) in [6, 6.07) is 5.18. The van der Waals surface area contributed by atoms with Crippen LogP contribution in [0.15, 0.2) is 27.2 Å². The molecule has 2 aliphatic heterocycles. The van der Waals surface area contributed by atoms with Crippen molar-refractivity contribution in [1.29, 1.82) is 0 Å². The van der Waals surface area contributed by atoms with E-state index in [9.17, 15) is 4.79 Å². The molecule has 1 aromatic rings. The van der Waals surface area contributed by atoms with E-state index in [1.54, 1.807) is 24.0 Å². The van der Waals surface area contributed by atoms with Crippen molar-refractivity contribution >= 4 is 30.6 Å². The van der Waals surface area contributed by atoms with Crippen molar-refractivity contribution in [2.75, 3.05) is 60.0 Å². The average Bonchev–Trinajstić information content (AvgIpc) is 3.73. The summed E-state index contributed by atoms with van der Waals surface area (Å²) in [5.41, 5.74) is 2.33. The lowest BCUT2D eigenvalue weighted by Crippen LogP contribution is -2.54. The molecule has 1 amide bonds. The van der Waals surface area contributed by atoms with Gasteiger partial charge in [-0.1, -0.05) is 5.16 Å². The molecule has 36 heavy (non-hydrogen) atoms. The number of piperazine rings is 1. The SMILES string of the molecule is C=N/C(CN(Sc1c(C)cc(OC)cc1C)C1CC1)=N\OC(=O)N1CCN(C2CCN(C)CC2)CC1. The van der Waals surface area contributed by atoms with Crippen molar-refractivity contribution in [3.8, 4) is 5.75 Å². The lowest BCUT2D eigenvalue weighted by Gasteiger charge is -2.41. The molecule has 1 aromatic carbocycles. The van der Waals surface area contributed by atoms with Gasteiger partial charge >= 0.3 is 6.09 Å². The Hall–Kier alpha value is -2.14. The summed E-state index contributed by atoms with van der Waals surface area (Å²) in [7, 11) is 3.87. The topological polar surface area (TPSA) is 73.2 Å². The van der Waals surface area contributed by atoms with Gasteiger partial charge in [0, 0.05) is 43.2 Å². The summed E-state index contributed by atoms with van der Waals surface area (Å²) < 4.78 is 7.67. The lowest BCUT2D eigenvalue weighted by atomic mass is 10.0. The van der Waals surface area contributed by atoms with E-state index >= 15 is 0 Å². The second-order valence-electron chi connectivity index (χ2n) is 10.1. The third kappa shape index (κ3) is 7.00. The number of benzene rings is 1. The smallest absolute Gasteiger partial charge is 0.436 e. The predicted molar refractivity (Wildman–Crippen MR) is 145 cm³/mol. The van der Waals surface area contributed by atoms with Gasteiger partial charge in [-0.25, -0.2) is 14.1 Å². The fourth-order valence-corrected chi connectivity index (χ4v) is 6.09. The highest BCUT2D eigenvalue weighted by atomic mass is 32.2. The van der Waals surface area contributed by atoms with E-state index in [1.807, 2.05) is 0 Å². The lowest BCUT2D eigenvalue weighted by molar-refractivity contribution is 0.0497. The first kappa shape index (κ1) is 26.9. The number of hydrogen-bond donors (Lipinski definition) is 0. The van der Waals surface area contributed by atoms with Gasteiger partial charge in [-0.15, -0.1) is 0 Å². The minimum atomic E-state index is -0.411. The van der Waals surface area contributed by atoms with Gasteiger partial charge in [-0.2, -0.15) is 0 Å². The first-order valence-electron chi connectivity index (χ1n) is 12.9. The fourth-order valence-electron chi connectivity index (χ4n) is 4.91. The molecule has 1 aliphatic carbocycles. The van der Waals surface area contributed by atoms with E-state index in [-0.39, 0.29) is 0 Å². The summed E-state index contributed by atoms with van der Waals surface area (Å²) in [5, 5.41) is 4.10. The number of hydrogen-bond acceptors (Lipinski definition) is 8. The Labute approximate surface area is 219 Å². The molecular weight excluding hydrogens is 476 g/mol. The largest absolute Gasteiger partial charge is 0.497 e. The van der Waals surface area contributed by atoms with E-state index in [0.29, 0.717) is 37.6 Å². The Morgan fingerprint density at radius 2 is 1.72 bits per heavy atom. The highest BCUT2D eigenvalue weighted by Crippen LogP contribution is 2.39. The third-order valence-electron chi connectivity index (χ3n) is 7.32. The van der Waals surface area contributed by atoms with Crippen LogP contribution in [0.3, 0.4) is 0 Å². The van der Waals surface area contributed by atoms with Gasteiger partial charge in [0.25, 0.3) is 0 Å². The molecule has 0 spiro atoms. The summed E-state index contributed by atoms with van der Waals surface area (Å²) in [6.45, 7) is 13.7. The Bertz CT molecular complexity index is 930. The van der Waals surface area contributed by atoms with Crippen molar-refractivity contribution in [2.24, 2.45) is 10.1 Å². The van der Waals surface area contributed by atoms with Gasteiger partial charge in [0.2, 0.25) is 0 Å². The molecule has 0 atom stereocenters. The standard InChI is InChI=1S/C26H40N6O3S/c1-19-16-23(34-5)17-20(2)25(19)36-32(22-6-7-22)18-24(27-3)28-35-26(33)31-14-12-30(13-15-31)21-8-10-29(4)11-9-21/h16-17,21-22H,3,6-15,18H2,1-2,4-5H3/b28-24-. The molecule has 0 radical (unpaired) electrons. The Morgan fingerprint density at radius 3 is 2.28 bits per heavy atom. The molecule has 1 saturated carbocycles. The number of carbonyl (C=O) groups excluding carboxylic acids is 1. The summed E-state index contributed by atoms with van der Waals surface area (Å²) in [5.74, 6) is 1.28. The molecule has 2 heterocycles. The number of methoxy groups -OCH3 is 1. The average molecular weight is 517 g/mol. The fraction of sp³-hybridized carbons (Fsp3) is 0.654. The van der Waals surface area contributed by atoms with Gasteiger partial charge in [-0.05, 0) is 102 Å². The summed E-state index contributed by atoms with van der Waals surface area (Å²) in [4.78, 5) is 29.9. The number of carbonyl (C=O) groups is 1. The number of amidine groups is 1. The molecule has 0 N–H and O–H groups in total. The molecule has 4 rings (SSSR count). The van der Waals surface area contributed by atoms with Crippen molar-refractivity contribution in [3.05, 3.63) is 23.3 Å². The van der Waals surface area contributed by atoms with Crippen LogP contribution in [0.2, 0.25) is 0 Å². The number of oxime groups is 1. The normalized spacial score (nSPS) is 20.6. The first-order valence-corrected chi connectivity index (χ1v) is 13.7. The van der Waals surface area contributed by atoms with Crippen molar-refractivity contribution in [1.82, 2.24) is 19.0 Å². The molecule has 198 valence electrons. The van der Waals surface area contributed by atoms with Gasteiger partial charge in [0.05, 0.1) is 13.7 Å². The molecule has 3 fully saturated rings. The van der Waals surface area contributed by atoms with E-state index in [2.05, 4.69) is 64.0 Å². The highest BCUT2D eigenvalue weighted by Gasteiger charge is 2.32. The number of ether oxygens (including phenoxy) is 1. The van der Waals surface area contributed by atoms with Crippen molar-refractivity contribution in [3.63, 3.8) is 0 Å². The van der Waals surface area contributed by atoms with Crippen LogP contribution in [0.4, 0.5) is 4.79 Å². The molecule has 0 aromatic heterocycles. The molecule has 0 unspecified atom stereocenters. The van der Waals surface area contributed by atoms with Crippen molar-refractivity contribution in [2.45, 2.75) is 56.5 Å². The van der Waals surface area contributed by atoms with Crippen LogP contribution in [0, 0.1) is 13.8 Å². The predicted octanol–water partition coefficient (Wildman–Crippen LogP) is 3.65. The molecule has 9 nitrogen and oxygen atoms in total. The summed E-state index contributed by atoms with van der Waals surface area (Å²) in [6.07, 6.45) is 4.25. The zero-order valence-electron chi connectivity index (χ0n) is 22.1. The highest BCUT2D eigenvalue weighted by molar-refractivity contribution is 7.97. The Morgan fingerprint density at radius 1 is 1.08 bits per heavy atom. The number of nitrogens with zero attached hydrogens (tertiary/aromatic N) is 6. The first-order chi connectivity index (χ1) is 17.4. The number of likely N-dealkylation sites (tertiary alicyclic amines) is 1. The number of rotatable bonds is 8. The maximum atomic E-state index is 12.7. The molecule has 0 bridgehead atoms. The molecule has 10 heteroatoms. The Balaban J connectivity index is 1.30. The molecular formula is C26H40N6O3S. The van der Waals surface area contributed by atoms with E-state index < -0.39 is 6.09 Å². The van der Waals surface area contributed by atoms with Crippen LogP contribution in [0.25, 0.3) is 0 Å². The van der Waals surface area contributed by atoms with Crippen LogP contribution in [0.5, 0.6) is 5.75 Å². The van der Waals surface area contributed by atoms with Gasteiger partial charge in [0.15, 0.2) is 5.84 Å². The van der Waals surface area contributed by atoms with Crippen LogP contribution < -0.4 is 4.74 Å². The van der Waals surface area contributed by atoms with Crippen molar-refractivity contribution < 1.29 is 14.4 Å². The molecule has 3 aliphatic rings.